The topological polar surface area (TPSA) is 47.6 Å². The predicted molar refractivity (Wildman–Crippen MR) is 79.3 cm³/mol. The third kappa shape index (κ3) is 3.41. The molecule has 0 saturated heterocycles. The van der Waals surface area contributed by atoms with Gasteiger partial charge in [-0.15, -0.1) is 0 Å². The molecule has 2 aromatic carbocycles. The van der Waals surface area contributed by atoms with Crippen molar-refractivity contribution in [2.24, 2.45) is 0 Å². The van der Waals surface area contributed by atoms with Crippen LogP contribution in [-0.2, 0) is 4.79 Å². The number of methoxy groups -OCH3 is 1. The molecule has 0 aliphatic rings. The molecule has 2 aromatic rings. The van der Waals surface area contributed by atoms with Crippen LogP contribution in [0.5, 0.6) is 11.5 Å². The number of amides is 1. The summed E-state index contributed by atoms with van der Waals surface area (Å²) in [6.07, 6.45) is 0.778. The van der Waals surface area contributed by atoms with Gasteiger partial charge in [0.25, 0.3) is 0 Å². The largest absolute Gasteiger partial charge is 0.496 e. The summed E-state index contributed by atoms with van der Waals surface area (Å²) in [6.45, 7) is 2.71. The number of carbonyl (C=O) groups is 1. The normalized spacial score (nSPS) is 10.3. The van der Waals surface area contributed by atoms with Crippen LogP contribution in [0, 0.1) is 0 Å². The van der Waals surface area contributed by atoms with Gasteiger partial charge in [-0.25, -0.2) is 0 Å². The molecule has 0 unspecified atom stereocenters. The summed E-state index contributed by atoms with van der Waals surface area (Å²) in [6, 6.07) is 11.8. The SMILES string of the molecule is COc1ccc(OCCCNC(C)=O)c2ccccc12. The van der Waals surface area contributed by atoms with E-state index in [9.17, 15) is 4.79 Å². The molecule has 4 heteroatoms. The zero-order valence-corrected chi connectivity index (χ0v) is 11.8. The Morgan fingerprint density at radius 1 is 1.10 bits per heavy atom. The van der Waals surface area contributed by atoms with E-state index in [0.717, 1.165) is 28.7 Å². The summed E-state index contributed by atoms with van der Waals surface area (Å²) in [5.74, 6) is 1.66. The molecule has 0 aliphatic carbocycles. The Morgan fingerprint density at radius 3 is 2.40 bits per heavy atom. The van der Waals surface area contributed by atoms with Crippen LogP contribution in [0.2, 0.25) is 0 Å². The van der Waals surface area contributed by atoms with Crippen LogP contribution < -0.4 is 14.8 Å². The molecule has 20 heavy (non-hydrogen) atoms. The first-order chi connectivity index (χ1) is 9.72. The molecule has 1 amide bonds. The van der Waals surface area contributed by atoms with Gasteiger partial charge in [-0.05, 0) is 18.6 Å². The first kappa shape index (κ1) is 14.2. The lowest BCUT2D eigenvalue weighted by Gasteiger charge is -2.12. The van der Waals surface area contributed by atoms with E-state index in [1.807, 2.05) is 36.4 Å². The molecule has 2 rings (SSSR count). The second-order valence-corrected chi connectivity index (χ2v) is 4.50. The van der Waals surface area contributed by atoms with E-state index in [1.54, 1.807) is 7.11 Å². The van der Waals surface area contributed by atoms with Crippen molar-refractivity contribution >= 4 is 16.7 Å². The summed E-state index contributed by atoms with van der Waals surface area (Å²) in [7, 11) is 1.66. The van der Waals surface area contributed by atoms with Crippen LogP contribution in [0.25, 0.3) is 10.8 Å². The highest BCUT2D eigenvalue weighted by Crippen LogP contribution is 2.32. The van der Waals surface area contributed by atoms with E-state index in [1.165, 1.54) is 6.92 Å². The lowest BCUT2D eigenvalue weighted by atomic mass is 10.1. The Balaban J connectivity index is 2.05. The predicted octanol–water partition coefficient (Wildman–Crippen LogP) is 2.75. The molecule has 0 atom stereocenters. The number of ether oxygens (including phenoxy) is 2. The number of hydrogen-bond donors (Lipinski definition) is 1. The fourth-order valence-corrected chi connectivity index (χ4v) is 2.07. The van der Waals surface area contributed by atoms with Crippen molar-refractivity contribution in [1.29, 1.82) is 0 Å². The van der Waals surface area contributed by atoms with Gasteiger partial charge in [0, 0.05) is 24.2 Å². The molecular formula is C16H19NO3. The quantitative estimate of drug-likeness (QED) is 0.823. The lowest BCUT2D eigenvalue weighted by molar-refractivity contribution is -0.118. The molecule has 0 spiro atoms. The molecular weight excluding hydrogens is 254 g/mol. The van der Waals surface area contributed by atoms with Crippen LogP contribution in [0.1, 0.15) is 13.3 Å². The molecule has 0 aromatic heterocycles. The van der Waals surface area contributed by atoms with Crippen molar-refractivity contribution in [2.45, 2.75) is 13.3 Å². The first-order valence-electron chi connectivity index (χ1n) is 6.65. The van der Waals surface area contributed by atoms with E-state index >= 15 is 0 Å². The van der Waals surface area contributed by atoms with Crippen LogP contribution in [0.3, 0.4) is 0 Å². The van der Waals surface area contributed by atoms with Crippen LogP contribution in [-0.4, -0.2) is 26.2 Å². The van der Waals surface area contributed by atoms with Crippen molar-refractivity contribution in [3.05, 3.63) is 36.4 Å². The van der Waals surface area contributed by atoms with E-state index in [0.29, 0.717) is 13.2 Å². The number of rotatable bonds is 6. The summed E-state index contributed by atoms with van der Waals surface area (Å²) < 4.78 is 11.1. The lowest BCUT2D eigenvalue weighted by Crippen LogP contribution is -2.22. The minimum atomic E-state index is -0.0140. The molecule has 0 radical (unpaired) electrons. The fourth-order valence-electron chi connectivity index (χ4n) is 2.07. The van der Waals surface area contributed by atoms with Crippen LogP contribution >= 0.6 is 0 Å². The molecule has 0 bridgehead atoms. The Labute approximate surface area is 118 Å². The summed E-state index contributed by atoms with van der Waals surface area (Å²) in [5, 5.41) is 4.82. The average molecular weight is 273 g/mol. The number of benzene rings is 2. The molecule has 0 fully saturated rings. The van der Waals surface area contributed by atoms with E-state index in [2.05, 4.69) is 5.32 Å². The summed E-state index contributed by atoms with van der Waals surface area (Å²) in [4.78, 5) is 10.8. The van der Waals surface area contributed by atoms with Crippen molar-refractivity contribution in [3.63, 3.8) is 0 Å². The van der Waals surface area contributed by atoms with Crippen molar-refractivity contribution in [3.8, 4) is 11.5 Å². The number of nitrogens with one attached hydrogen (secondary N) is 1. The van der Waals surface area contributed by atoms with E-state index < -0.39 is 0 Å². The molecule has 0 aliphatic heterocycles. The maximum atomic E-state index is 10.8. The van der Waals surface area contributed by atoms with E-state index in [-0.39, 0.29) is 5.91 Å². The second-order valence-electron chi connectivity index (χ2n) is 4.50. The average Bonchev–Trinajstić information content (AvgIpc) is 2.46. The molecule has 1 N–H and O–H groups in total. The van der Waals surface area contributed by atoms with Gasteiger partial charge < -0.3 is 14.8 Å². The molecule has 4 nitrogen and oxygen atoms in total. The Bertz CT molecular complexity index is 595. The van der Waals surface area contributed by atoms with Crippen LogP contribution in [0.15, 0.2) is 36.4 Å². The minimum absolute atomic E-state index is 0.0140. The summed E-state index contributed by atoms with van der Waals surface area (Å²) in [5.41, 5.74) is 0. The Hall–Kier alpha value is -2.23. The van der Waals surface area contributed by atoms with Crippen molar-refractivity contribution < 1.29 is 14.3 Å². The van der Waals surface area contributed by atoms with Gasteiger partial charge in [-0.1, -0.05) is 24.3 Å². The van der Waals surface area contributed by atoms with Gasteiger partial charge in [-0.2, -0.15) is 0 Å². The Kier molecular flexibility index (Phi) is 4.82. The third-order valence-corrected chi connectivity index (χ3v) is 3.02. The van der Waals surface area contributed by atoms with Crippen molar-refractivity contribution in [1.82, 2.24) is 5.32 Å². The number of fused-ring (bicyclic) bond motifs is 1. The zero-order chi connectivity index (χ0) is 14.4. The number of carbonyl (C=O) groups excluding carboxylic acids is 1. The van der Waals surface area contributed by atoms with Crippen molar-refractivity contribution in [2.75, 3.05) is 20.3 Å². The van der Waals surface area contributed by atoms with Crippen LogP contribution in [0.4, 0.5) is 0 Å². The maximum absolute atomic E-state index is 10.8. The van der Waals surface area contributed by atoms with E-state index in [4.69, 9.17) is 9.47 Å². The smallest absolute Gasteiger partial charge is 0.216 e. The number of hydrogen-bond acceptors (Lipinski definition) is 3. The summed E-state index contributed by atoms with van der Waals surface area (Å²) >= 11 is 0. The molecule has 106 valence electrons. The first-order valence-corrected chi connectivity index (χ1v) is 6.65. The van der Waals surface area contributed by atoms with Gasteiger partial charge in [-0.3, -0.25) is 4.79 Å². The Morgan fingerprint density at radius 2 is 1.75 bits per heavy atom. The maximum Gasteiger partial charge on any atom is 0.216 e. The highest BCUT2D eigenvalue weighted by Gasteiger charge is 2.06. The van der Waals surface area contributed by atoms with Gasteiger partial charge in [0.2, 0.25) is 5.91 Å². The zero-order valence-electron chi connectivity index (χ0n) is 11.8. The van der Waals surface area contributed by atoms with Gasteiger partial charge >= 0.3 is 0 Å². The second kappa shape index (κ2) is 6.80. The fraction of sp³-hybridized carbons (Fsp3) is 0.312. The minimum Gasteiger partial charge on any atom is -0.496 e. The standard InChI is InChI=1S/C16H19NO3/c1-12(18)17-10-5-11-20-16-9-8-15(19-2)13-6-3-4-7-14(13)16/h3-4,6-9H,5,10-11H2,1-2H3,(H,17,18). The van der Waals surface area contributed by atoms with Gasteiger partial charge in [0.1, 0.15) is 11.5 Å². The highest BCUT2D eigenvalue weighted by molar-refractivity contribution is 5.93. The van der Waals surface area contributed by atoms with Gasteiger partial charge in [0.15, 0.2) is 0 Å². The molecule has 0 heterocycles. The monoisotopic (exact) mass is 273 g/mol. The third-order valence-electron chi connectivity index (χ3n) is 3.02. The molecule has 0 saturated carbocycles. The van der Waals surface area contributed by atoms with Gasteiger partial charge in [0.05, 0.1) is 13.7 Å². The highest BCUT2D eigenvalue weighted by atomic mass is 16.5.